The van der Waals surface area contributed by atoms with Gasteiger partial charge in [0.25, 0.3) is 6.43 Å². The topological polar surface area (TPSA) is 91.0 Å². The lowest BCUT2D eigenvalue weighted by atomic mass is 10.2. The molecule has 0 aliphatic carbocycles. The number of aliphatic imine (C=N–C) groups is 1. The van der Waals surface area contributed by atoms with Crippen molar-refractivity contribution in [3.63, 3.8) is 0 Å². The number of nitrogens with two attached hydrogens (primary N) is 1. The summed E-state index contributed by atoms with van der Waals surface area (Å²) in [5.41, 5.74) is 7.28. The van der Waals surface area contributed by atoms with Gasteiger partial charge in [0.15, 0.2) is 24.1 Å². The Hall–Kier alpha value is -2.37. The number of anilines is 1. The van der Waals surface area contributed by atoms with Crippen LogP contribution in [0.15, 0.2) is 41.5 Å². The molecular weight excluding hydrogens is 473 g/mol. The first-order valence-electron chi connectivity index (χ1n) is 7.66. The Labute approximate surface area is 172 Å². The van der Waals surface area contributed by atoms with Gasteiger partial charge in [-0.1, -0.05) is 0 Å². The molecule has 1 aromatic heterocycles. The number of alkyl halides is 2. The maximum atomic E-state index is 12.2. The Kier molecular flexibility index (Phi) is 9.54. The Bertz CT molecular complexity index is 763. The molecule has 2 rings (SSSR count). The van der Waals surface area contributed by atoms with Crippen LogP contribution in [-0.4, -0.2) is 38.2 Å². The average molecular weight is 494 g/mol. The molecule has 2 aromatic rings. The normalized spacial score (nSPS) is 10.9. The van der Waals surface area contributed by atoms with Gasteiger partial charge in [-0.2, -0.15) is 0 Å². The van der Waals surface area contributed by atoms with Gasteiger partial charge in [0.1, 0.15) is 0 Å². The highest BCUT2D eigenvalue weighted by Gasteiger charge is 2.06. The number of hydrogen-bond acceptors (Lipinski definition) is 5. The molecule has 10 heteroatoms. The summed E-state index contributed by atoms with van der Waals surface area (Å²) in [6, 6.07) is 8.47. The van der Waals surface area contributed by atoms with E-state index < -0.39 is 13.0 Å². The largest absolute Gasteiger partial charge is 0.493 e. The zero-order chi connectivity index (χ0) is 18.9. The third kappa shape index (κ3) is 7.41. The number of pyridine rings is 1. The second-order valence-electron chi connectivity index (χ2n) is 5.10. The maximum Gasteiger partial charge on any atom is 0.272 e. The van der Waals surface area contributed by atoms with Crippen LogP contribution >= 0.6 is 24.0 Å². The molecule has 0 spiro atoms. The fourth-order valence-corrected chi connectivity index (χ4v) is 2.05. The molecular formula is C17H21F2IN4O3. The number of halogens is 3. The highest BCUT2D eigenvalue weighted by Crippen LogP contribution is 2.29. The molecule has 0 bridgehead atoms. The summed E-state index contributed by atoms with van der Waals surface area (Å²) in [6.07, 6.45) is -1.09. The van der Waals surface area contributed by atoms with E-state index in [9.17, 15) is 8.78 Å². The van der Waals surface area contributed by atoms with Crippen molar-refractivity contribution in [2.24, 2.45) is 10.7 Å². The molecule has 148 valence electrons. The zero-order valence-electron chi connectivity index (χ0n) is 14.8. The van der Waals surface area contributed by atoms with Crippen LogP contribution < -0.4 is 25.3 Å². The SMILES string of the molecule is COc1ccc(NC(N)=NCc2ccnc(OCC(F)F)c2)cc1OC.I. The van der Waals surface area contributed by atoms with Gasteiger partial charge in [0.05, 0.1) is 20.8 Å². The fraction of sp³-hybridized carbons (Fsp3) is 0.294. The summed E-state index contributed by atoms with van der Waals surface area (Å²) in [4.78, 5) is 8.07. The Balaban J connectivity index is 0.00000364. The van der Waals surface area contributed by atoms with Crippen LogP contribution in [0.25, 0.3) is 0 Å². The molecule has 7 nitrogen and oxygen atoms in total. The van der Waals surface area contributed by atoms with Gasteiger partial charge in [0, 0.05) is 24.0 Å². The number of ether oxygens (including phenoxy) is 3. The van der Waals surface area contributed by atoms with Crippen LogP contribution in [0.4, 0.5) is 14.5 Å². The molecule has 27 heavy (non-hydrogen) atoms. The molecule has 0 amide bonds. The first-order valence-corrected chi connectivity index (χ1v) is 7.66. The van der Waals surface area contributed by atoms with E-state index in [1.54, 1.807) is 31.4 Å². The molecule has 0 saturated carbocycles. The Morgan fingerprint density at radius 1 is 1.19 bits per heavy atom. The van der Waals surface area contributed by atoms with Gasteiger partial charge in [-0.05, 0) is 23.8 Å². The number of aromatic nitrogens is 1. The van der Waals surface area contributed by atoms with Crippen molar-refractivity contribution in [1.29, 1.82) is 0 Å². The van der Waals surface area contributed by atoms with E-state index in [0.29, 0.717) is 17.2 Å². The molecule has 0 fully saturated rings. The minimum Gasteiger partial charge on any atom is -0.493 e. The van der Waals surface area contributed by atoms with E-state index in [1.165, 1.54) is 19.4 Å². The van der Waals surface area contributed by atoms with E-state index >= 15 is 0 Å². The minimum atomic E-state index is -2.56. The van der Waals surface area contributed by atoms with Gasteiger partial charge in [-0.15, -0.1) is 24.0 Å². The fourth-order valence-electron chi connectivity index (χ4n) is 2.05. The van der Waals surface area contributed by atoms with Gasteiger partial charge in [-0.3, -0.25) is 0 Å². The summed E-state index contributed by atoms with van der Waals surface area (Å²) >= 11 is 0. The number of guanidine groups is 1. The Morgan fingerprint density at radius 3 is 2.59 bits per heavy atom. The second-order valence-corrected chi connectivity index (χ2v) is 5.10. The van der Waals surface area contributed by atoms with Crippen LogP contribution in [-0.2, 0) is 6.54 Å². The maximum absolute atomic E-state index is 12.2. The third-order valence-corrected chi connectivity index (χ3v) is 3.24. The number of nitrogens with one attached hydrogen (secondary N) is 1. The number of methoxy groups -OCH3 is 2. The molecule has 0 saturated heterocycles. The summed E-state index contributed by atoms with van der Waals surface area (Å²) in [6.45, 7) is -0.470. The third-order valence-electron chi connectivity index (χ3n) is 3.24. The highest BCUT2D eigenvalue weighted by atomic mass is 127. The number of benzene rings is 1. The monoisotopic (exact) mass is 494 g/mol. The van der Waals surface area contributed by atoms with Crippen molar-refractivity contribution < 1.29 is 23.0 Å². The van der Waals surface area contributed by atoms with Crippen molar-refractivity contribution in [1.82, 2.24) is 4.98 Å². The summed E-state index contributed by atoms with van der Waals surface area (Å²) in [5, 5.41) is 2.94. The van der Waals surface area contributed by atoms with Crippen LogP contribution in [0, 0.1) is 0 Å². The quantitative estimate of drug-likeness (QED) is 0.333. The molecule has 1 aromatic carbocycles. The van der Waals surface area contributed by atoms with Crippen molar-refractivity contribution >= 4 is 35.6 Å². The zero-order valence-corrected chi connectivity index (χ0v) is 17.1. The van der Waals surface area contributed by atoms with E-state index in [4.69, 9.17) is 19.9 Å². The molecule has 0 atom stereocenters. The predicted octanol–water partition coefficient (Wildman–Crippen LogP) is 3.29. The van der Waals surface area contributed by atoms with E-state index in [2.05, 4.69) is 15.3 Å². The first-order chi connectivity index (χ1) is 12.5. The van der Waals surface area contributed by atoms with Crippen LogP contribution in [0.1, 0.15) is 5.56 Å². The van der Waals surface area contributed by atoms with Crippen LogP contribution in [0.5, 0.6) is 17.4 Å². The van der Waals surface area contributed by atoms with Gasteiger partial charge >= 0.3 is 0 Å². The van der Waals surface area contributed by atoms with Crippen molar-refractivity contribution in [2.75, 3.05) is 26.1 Å². The van der Waals surface area contributed by atoms with Crippen LogP contribution in [0.3, 0.4) is 0 Å². The summed E-state index contributed by atoms with van der Waals surface area (Å²) < 4.78 is 39.6. The van der Waals surface area contributed by atoms with Crippen molar-refractivity contribution in [2.45, 2.75) is 13.0 Å². The number of hydrogen-bond donors (Lipinski definition) is 2. The minimum absolute atomic E-state index is 0. The highest BCUT2D eigenvalue weighted by molar-refractivity contribution is 14.0. The Morgan fingerprint density at radius 2 is 1.93 bits per heavy atom. The molecule has 0 radical (unpaired) electrons. The lowest BCUT2D eigenvalue weighted by Crippen LogP contribution is -2.22. The predicted molar refractivity (Wildman–Crippen MR) is 110 cm³/mol. The summed E-state index contributed by atoms with van der Waals surface area (Å²) in [5.74, 6) is 1.45. The molecule has 0 unspecified atom stereocenters. The lowest BCUT2D eigenvalue weighted by molar-refractivity contribution is 0.0795. The van der Waals surface area contributed by atoms with E-state index in [-0.39, 0.29) is 42.4 Å². The van der Waals surface area contributed by atoms with E-state index in [1.807, 2.05) is 0 Å². The average Bonchev–Trinajstić information content (AvgIpc) is 2.65. The molecule has 0 aliphatic heterocycles. The van der Waals surface area contributed by atoms with Crippen molar-refractivity contribution in [3.8, 4) is 17.4 Å². The smallest absolute Gasteiger partial charge is 0.272 e. The first kappa shape index (κ1) is 22.7. The van der Waals surface area contributed by atoms with Crippen molar-refractivity contribution in [3.05, 3.63) is 42.1 Å². The van der Waals surface area contributed by atoms with Crippen LogP contribution in [0.2, 0.25) is 0 Å². The molecule has 3 N–H and O–H groups in total. The number of rotatable bonds is 8. The van der Waals surface area contributed by atoms with Gasteiger partial charge in [-0.25, -0.2) is 18.8 Å². The lowest BCUT2D eigenvalue weighted by Gasteiger charge is -2.11. The van der Waals surface area contributed by atoms with E-state index in [0.717, 1.165) is 5.56 Å². The summed E-state index contributed by atoms with van der Waals surface area (Å²) in [7, 11) is 3.09. The van der Waals surface area contributed by atoms with Gasteiger partial charge < -0.3 is 25.3 Å². The molecule has 1 heterocycles. The molecule has 0 aliphatic rings. The van der Waals surface area contributed by atoms with Gasteiger partial charge in [0.2, 0.25) is 5.88 Å². The second kappa shape index (κ2) is 11.4. The standard InChI is InChI=1S/C17H20F2N4O3.HI/c1-24-13-4-3-12(8-14(13)25-2)23-17(20)22-9-11-5-6-21-16(7-11)26-10-15(18)19;/h3-8,15H,9-10H2,1-2H3,(H3,20,22,23);1H. The number of nitrogens with zero attached hydrogens (tertiary/aromatic N) is 2.